The minimum absolute atomic E-state index is 0. The van der Waals surface area contributed by atoms with E-state index in [9.17, 15) is 46.3 Å². The third kappa shape index (κ3) is 34.6. The number of pyridine rings is 5. The van der Waals surface area contributed by atoms with Gasteiger partial charge in [-0.1, -0.05) is 53.8 Å². The number of amides is 5. The molecule has 1 fully saturated rings. The van der Waals surface area contributed by atoms with Crippen LogP contribution in [0.2, 0.25) is 20.1 Å². The number of carboxylic acids is 1. The number of carboxylic acid groups (broad SMARTS) is 1. The minimum Gasteiger partial charge on any atom is -0.476 e. The van der Waals surface area contributed by atoms with Crippen LogP contribution in [0.25, 0.3) is 0 Å². The second-order valence-electron chi connectivity index (χ2n) is 26.7. The van der Waals surface area contributed by atoms with Crippen LogP contribution in [0, 0.1) is 40.4 Å². The highest BCUT2D eigenvalue weighted by molar-refractivity contribution is 6.62. The van der Waals surface area contributed by atoms with Crippen molar-refractivity contribution in [2.24, 2.45) is 0 Å². The fraction of sp³-hybridized carbons (Fsp3) is 0.500. The van der Waals surface area contributed by atoms with E-state index in [1.165, 1.54) is 62.0 Å². The van der Waals surface area contributed by atoms with Gasteiger partial charge in [-0.2, -0.15) is 15.1 Å². The number of carbonyl (C=O) groups excluding carboxylic acids is 5. The van der Waals surface area contributed by atoms with Gasteiger partial charge in [-0.3, -0.25) is 10.3 Å². The maximum absolute atomic E-state index is 15.6. The van der Waals surface area contributed by atoms with Crippen LogP contribution in [0.1, 0.15) is 177 Å². The number of hydrogen-bond acceptors (Lipinski definition) is 20. The molecule has 0 aromatic carbocycles. The second kappa shape index (κ2) is 38.5. The first-order valence-corrected chi connectivity index (χ1v) is 30.3. The number of nitrogens with zero attached hydrogens (tertiary/aromatic N) is 8. The highest BCUT2D eigenvalue weighted by atomic mass is 35.5. The number of carbonyl (C=O) groups is 6. The van der Waals surface area contributed by atoms with Gasteiger partial charge in [0, 0.05) is 43.4 Å². The Balaban J connectivity index is 0. The number of nitriles is 1. The molecule has 34 heteroatoms. The predicted molar refractivity (Wildman–Crippen MR) is 363 cm³/mol. The SMILES string of the molecule is C.CC#N.CC(C)(C)O.CC(C)(C)OC(=O)N(C(=O)OC(C)(C)C)c1nccc(B2OC(C)(C)C(C)(C)O2)c1F.CC(C)(C)OC(=O)N(C(=O)OC(C)(C)C)c1nccc(Cl)c1F.CC(C)(C)OC(=O)Nc1nccc(Cl)c1F.Fc1cnccc1Cl.O=C(O)c1nccc(Cl)c1F. The largest absolute Gasteiger partial charge is 0.498 e. The number of halogens is 9. The maximum Gasteiger partial charge on any atom is 0.498 e. The number of hydrogen-bond donors (Lipinski definition) is 3. The highest BCUT2D eigenvalue weighted by Crippen LogP contribution is 2.37. The zero-order valence-corrected chi connectivity index (χ0v) is 61.1. The van der Waals surface area contributed by atoms with Crippen LogP contribution >= 0.6 is 46.4 Å². The van der Waals surface area contributed by atoms with Crippen LogP contribution in [0.3, 0.4) is 0 Å². The summed E-state index contributed by atoms with van der Waals surface area (Å²) in [6.45, 7) is 38.5. The van der Waals surface area contributed by atoms with Gasteiger partial charge in [0.2, 0.25) is 0 Å². The van der Waals surface area contributed by atoms with Crippen molar-refractivity contribution in [3.63, 3.8) is 0 Å². The molecule has 0 spiro atoms. The van der Waals surface area contributed by atoms with Gasteiger partial charge < -0.3 is 43.2 Å². The Morgan fingerprint density at radius 1 is 0.531 bits per heavy atom. The number of ether oxygens (including phenoxy) is 5. The number of rotatable bonds is 5. The Hall–Kier alpha value is -7.79. The van der Waals surface area contributed by atoms with E-state index in [0.29, 0.717) is 9.80 Å². The molecule has 1 saturated heterocycles. The molecule has 1 aliphatic heterocycles. The van der Waals surface area contributed by atoms with Crippen molar-refractivity contribution in [1.29, 1.82) is 5.26 Å². The molecule has 544 valence electrons. The summed E-state index contributed by atoms with van der Waals surface area (Å²) in [5, 5.41) is 25.8. The van der Waals surface area contributed by atoms with Gasteiger partial charge in [0.15, 0.2) is 52.2 Å². The topological polar surface area (TPSA) is 314 Å². The highest BCUT2D eigenvalue weighted by Gasteiger charge is 2.53. The quantitative estimate of drug-likeness (QED) is 0.0836. The Morgan fingerprint density at radius 3 is 1.17 bits per heavy atom. The molecule has 5 aromatic heterocycles. The van der Waals surface area contributed by atoms with Gasteiger partial charge >= 0.3 is 43.6 Å². The lowest BCUT2D eigenvalue weighted by Gasteiger charge is -2.32. The van der Waals surface area contributed by atoms with Gasteiger partial charge in [-0.15, -0.1) is 0 Å². The fourth-order valence-electron chi connectivity index (χ4n) is 5.88. The molecule has 0 aliphatic carbocycles. The average molecular weight is 1470 g/mol. The first-order chi connectivity index (χ1) is 43.8. The van der Waals surface area contributed by atoms with Crippen molar-refractivity contribution in [2.75, 3.05) is 15.1 Å². The molecule has 5 amide bonds. The van der Waals surface area contributed by atoms with Crippen molar-refractivity contribution in [1.82, 2.24) is 24.9 Å². The Labute approximate surface area is 589 Å². The van der Waals surface area contributed by atoms with Crippen LogP contribution in [-0.4, -0.2) is 123 Å². The van der Waals surface area contributed by atoms with Crippen molar-refractivity contribution < 1.29 is 93.9 Å². The summed E-state index contributed by atoms with van der Waals surface area (Å²) in [6, 6.07) is 8.20. The number of anilines is 3. The molecule has 0 radical (unpaired) electrons. The number of nitrogens with one attached hydrogen (secondary N) is 1. The fourth-order valence-corrected chi connectivity index (χ4v) is 6.42. The summed E-state index contributed by atoms with van der Waals surface area (Å²) in [6.07, 6.45) is 2.14. The van der Waals surface area contributed by atoms with Crippen LogP contribution < -0.4 is 20.6 Å². The monoisotopic (exact) mass is 1470 g/mol. The summed E-state index contributed by atoms with van der Waals surface area (Å²) >= 11 is 21.8. The molecule has 0 unspecified atom stereocenters. The first kappa shape index (κ1) is 92.3. The lowest BCUT2D eigenvalue weighted by Crippen LogP contribution is -2.46. The number of imide groups is 2. The van der Waals surface area contributed by atoms with Gasteiger partial charge in [-0.25, -0.2) is 70.7 Å². The molecule has 0 bridgehead atoms. The number of aromatic carboxylic acids is 1. The Kier molecular flexibility index (Phi) is 36.3. The number of aromatic nitrogens is 5. The third-order valence-electron chi connectivity index (χ3n) is 10.2. The zero-order valence-electron chi connectivity index (χ0n) is 58.1. The smallest absolute Gasteiger partial charge is 0.476 e. The van der Waals surface area contributed by atoms with Gasteiger partial charge in [0.1, 0.15) is 28.0 Å². The van der Waals surface area contributed by atoms with Crippen LogP contribution in [0.15, 0.2) is 67.5 Å². The summed E-state index contributed by atoms with van der Waals surface area (Å²) in [4.78, 5) is 90.6. The molecule has 0 saturated carbocycles. The van der Waals surface area contributed by atoms with Gasteiger partial charge in [-0.05, 0) is 183 Å². The van der Waals surface area contributed by atoms with E-state index in [-0.39, 0.29) is 38.8 Å². The normalized spacial score (nSPS) is 12.8. The summed E-state index contributed by atoms with van der Waals surface area (Å²) in [7, 11) is -1.05. The van der Waals surface area contributed by atoms with Gasteiger partial charge in [0.05, 0.1) is 49.2 Å². The van der Waals surface area contributed by atoms with Crippen molar-refractivity contribution in [3.8, 4) is 6.07 Å². The standard InChI is InChI=1S/C21H32BFN2O6.C15H20ClFN2O4.C10H12ClFN2O2.C6H3ClFNO2.C5H3ClFN.C4H10O.C2H3N.CH4/c1-18(2,3)28-16(26)25(17(27)29-19(4,5)6)15-14(23)13(11-12-24-15)22-30-20(7,8)21(9,10)31-22;1-14(2,3)22-12(20)19(13(21)23-15(4,5)6)11-10(17)9(16)7-8-18-11;1-10(2,3)16-9(15)14-8-7(12)6(11)4-5-13-8;7-3-1-2-9-5(4(3)8)6(10)11;6-4-1-2-8-3-5(4)7;1-4(2,3)5;1-2-3;/h11-12H,1-10H3;7-8H,1-6H3;4-5H,1-3H3,(H,13,14,15);1-2H,(H,10,11);1-3H;5H,1-3H3;1H3;1H4. The van der Waals surface area contributed by atoms with Crippen LogP contribution in [0.4, 0.5) is 63.4 Å². The molecule has 1 aliphatic rings. The minimum atomic E-state index is -1.43. The van der Waals surface area contributed by atoms with E-state index in [4.69, 9.17) is 94.9 Å². The maximum atomic E-state index is 15.6. The lowest BCUT2D eigenvalue weighted by molar-refractivity contribution is 0.00578. The Bertz CT molecular complexity index is 3440. The Morgan fingerprint density at radius 2 is 0.847 bits per heavy atom. The molecule has 5 aromatic rings. The molecular formula is C64H87BCl4F5N9O15. The molecular weight excluding hydrogens is 1380 g/mol. The first-order valence-electron chi connectivity index (χ1n) is 28.7. The van der Waals surface area contributed by atoms with Crippen molar-refractivity contribution in [3.05, 3.63) is 122 Å². The molecule has 24 nitrogen and oxygen atoms in total. The summed E-state index contributed by atoms with van der Waals surface area (Å²) in [5.41, 5.74) is -6.88. The average Bonchev–Trinajstić information content (AvgIpc) is 1.57. The van der Waals surface area contributed by atoms with Crippen molar-refractivity contribution >= 4 is 113 Å². The lowest BCUT2D eigenvalue weighted by atomic mass is 9.79. The number of aliphatic hydroxyl groups is 1. The van der Waals surface area contributed by atoms with E-state index in [1.807, 2.05) is 27.7 Å². The molecule has 0 atom stereocenters. The van der Waals surface area contributed by atoms with E-state index >= 15 is 4.39 Å². The van der Waals surface area contributed by atoms with Crippen molar-refractivity contribution in [2.45, 2.75) is 211 Å². The van der Waals surface area contributed by atoms with E-state index in [2.05, 4.69) is 30.2 Å². The van der Waals surface area contributed by atoms with Crippen LogP contribution in [-0.2, 0) is 33.0 Å². The zero-order chi connectivity index (χ0) is 76.0. The summed E-state index contributed by atoms with van der Waals surface area (Å²) in [5.74, 6) is -7.04. The summed E-state index contributed by atoms with van der Waals surface area (Å²) < 4.78 is 105. The van der Waals surface area contributed by atoms with Crippen LogP contribution in [0.5, 0.6) is 0 Å². The molecule has 6 rings (SSSR count). The van der Waals surface area contributed by atoms with Gasteiger partial charge in [0.25, 0.3) is 0 Å². The van der Waals surface area contributed by atoms with E-state index < -0.39 is 135 Å². The van der Waals surface area contributed by atoms with E-state index in [1.54, 1.807) is 131 Å². The molecule has 98 heavy (non-hydrogen) atoms. The van der Waals surface area contributed by atoms with E-state index in [0.717, 1.165) is 12.4 Å². The molecule has 6 heterocycles. The second-order valence-corrected chi connectivity index (χ2v) is 28.3. The molecule has 3 N–H and O–H groups in total. The predicted octanol–water partition coefficient (Wildman–Crippen LogP) is 17.4. The third-order valence-corrected chi connectivity index (χ3v) is 11.4.